The van der Waals surface area contributed by atoms with Crippen molar-refractivity contribution < 1.29 is 23.5 Å². The summed E-state index contributed by atoms with van der Waals surface area (Å²) in [5.74, 6) is 0.979. The highest BCUT2D eigenvalue weighted by Crippen LogP contribution is 2.32. The zero-order chi connectivity index (χ0) is 18.6. The Morgan fingerprint density at radius 3 is 2.81 bits per heavy atom. The smallest absolute Gasteiger partial charge is 0.251 e. The third kappa shape index (κ3) is 3.74. The van der Waals surface area contributed by atoms with Crippen LogP contribution in [-0.4, -0.2) is 30.1 Å². The van der Waals surface area contributed by atoms with Gasteiger partial charge >= 0.3 is 0 Å². The van der Waals surface area contributed by atoms with Crippen LogP contribution in [0.3, 0.4) is 0 Å². The summed E-state index contributed by atoms with van der Waals surface area (Å²) >= 11 is 0. The number of oxazole rings is 1. The molecule has 136 valence electrons. The lowest BCUT2D eigenvalue weighted by Crippen LogP contribution is -2.32. The van der Waals surface area contributed by atoms with E-state index in [2.05, 4.69) is 15.6 Å². The molecule has 2 aromatic carbocycles. The summed E-state index contributed by atoms with van der Waals surface area (Å²) in [6.45, 7) is -0.0320. The number of hydrogen-bond acceptors (Lipinski definition) is 6. The van der Waals surface area contributed by atoms with Gasteiger partial charge in [-0.1, -0.05) is 12.1 Å². The normalized spacial score (nSPS) is 11.9. The predicted octanol–water partition coefficient (Wildman–Crippen LogP) is 2.44. The van der Waals surface area contributed by atoms with E-state index in [-0.39, 0.29) is 25.2 Å². The van der Waals surface area contributed by atoms with Crippen LogP contribution in [-0.2, 0) is 4.79 Å². The van der Waals surface area contributed by atoms with Gasteiger partial charge < -0.3 is 24.5 Å². The molecular formula is C19H15N3O5. The molecule has 4 rings (SSSR count). The van der Waals surface area contributed by atoms with Crippen LogP contribution in [0.25, 0.3) is 11.3 Å². The molecule has 0 saturated carbocycles. The van der Waals surface area contributed by atoms with Gasteiger partial charge in [-0.3, -0.25) is 9.59 Å². The van der Waals surface area contributed by atoms with Gasteiger partial charge in [-0.05, 0) is 30.3 Å². The molecule has 0 aliphatic carbocycles. The van der Waals surface area contributed by atoms with Gasteiger partial charge in [0.05, 0.1) is 12.7 Å². The van der Waals surface area contributed by atoms with E-state index in [4.69, 9.17) is 13.9 Å². The highest BCUT2D eigenvalue weighted by Gasteiger charge is 2.16. The second-order valence-corrected chi connectivity index (χ2v) is 5.75. The first-order valence-electron chi connectivity index (χ1n) is 8.16. The molecule has 2 heterocycles. The SMILES string of the molecule is O=C(CNC(=O)c1ccc2c(c1)OCO2)Nc1cccc(-c2cnco2)c1. The first-order chi connectivity index (χ1) is 13.2. The van der Waals surface area contributed by atoms with E-state index in [0.29, 0.717) is 28.5 Å². The quantitative estimate of drug-likeness (QED) is 0.720. The topological polar surface area (TPSA) is 103 Å². The lowest BCUT2D eigenvalue weighted by molar-refractivity contribution is -0.115. The molecule has 0 fully saturated rings. The summed E-state index contributed by atoms with van der Waals surface area (Å²) in [7, 11) is 0. The van der Waals surface area contributed by atoms with E-state index in [0.717, 1.165) is 5.56 Å². The molecule has 0 spiro atoms. The van der Waals surface area contributed by atoms with E-state index >= 15 is 0 Å². The van der Waals surface area contributed by atoms with Gasteiger partial charge in [-0.15, -0.1) is 0 Å². The number of carbonyl (C=O) groups excluding carboxylic acids is 2. The van der Waals surface area contributed by atoms with Crippen LogP contribution in [0.4, 0.5) is 5.69 Å². The van der Waals surface area contributed by atoms with Gasteiger partial charge in [0.2, 0.25) is 12.7 Å². The Morgan fingerprint density at radius 2 is 1.96 bits per heavy atom. The van der Waals surface area contributed by atoms with E-state index in [1.807, 2.05) is 6.07 Å². The Bertz CT molecular complexity index is 985. The number of anilines is 1. The van der Waals surface area contributed by atoms with Crippen LogP contribution in [0.2, 0.25) is 0 Å². The summed E-state index contributed by atoms with van der Waals surface area (Å²) < 4.78 is 15.7. The van der Waals surface area contributed by atoms with E-state index < -0.39 is 0 Å². The maximum Gasteiger partial charge on any atom is 0.251 e. The largest absolute Gasteiger partial charge is 0.454 e. The molecule has 0 saturated heterocycles. The number of hydrogen-bond donors (Lipinski definition) is 2. The molecule has 1 aromatic heterocycles. The van der Waals surface area contributed by atoms with Gasteiger partial charge in [0.1, 0.15) is 0 Å². The number of fused-ring (bicyclic) bond motifs is 1. The number of nitrogens with zero attached hydrogens (tertiary/aromatic N) is 1. The monoisotopic (exact) mass is 365 g/mol. The molecule has 0 unspecified atom stereocenters. The number of carbonyl (C=O) groups is 2. The maximum absolute atomic E-state index is 12.2. The number of amides is 2. The molecule has 2 N–H and O–H groups in total. The molecule has 8 nitrogen and oxygen atoms in total. The first-order valence-corrected chi connectivity index (χ1v) is 8.16. The van der Waals surface area contributed by atoms with E-state index in [1.54, 1.807) is 42.6 Å². The van der Waals surface area contributed by atoms with Gasteiger partial charge in [0, 0.05) is 16.8 Å². The predicted molar refractivity (Wildman–Crippen MR) is 95.5 cm³/mol. The summed E-state index contributed by atoms with van der Waals surface area (Å²) in [5, 5.41) is 5.31. The Hall–Kier alpha value is -3.81. The van der Waals surface area contributed by atoms with E-state index in [1.165, 1.54) is 6.39 Å². The highest BCUT2D eigenvalue weighted by molar-refractivity contribution is 5.99. The molecule has 2 amide bonds. The van der Waals surface area contributed by atoms with Gasteiger partial charge in [-0.25, -0.2) is 4.98 Å². The Balaban J connectivity index is 1.34. The Labute approximate surface area is 154 Å². The second kappa shape index (κ2) is 7.20. The fourth-order valence-electron chi connectivity index (χ4n) is 2.61. The number of nitrogens with one attached hydrogen (secondary N) is 2. The minimum atomic E-state index is -0.376. The average molecular weight is 365 g/mol. The first kappa shape index (κ1) is 16.6. The number of rotatable bonds is 5. The fraction of sp³-hybridized carbons (Fsp3) is 0.105. The van der Waals surface area contributed by atoms with Gasteiger partial charge in [-0.2, -0.15) is 0 Å². The van der Waals surface area contributed by atoms with Crippen LogP contribution in [0.5, 0.6) is 11.5 Å². The molecule has 0 bridgehead atoms. The molecular weight excluding hydrogens is 350 g/mol. The van der Waals surface area contributed by atoms with E-state index in [9.17, 15) is 9.59 Å². The van der Waals surface area contributed by atoms with Crippen molar-refractivity contribution in [1.82, 2.24) is 10.3 Å². The number of ether oxygens (including phenoxy) is 2. The van der Waals surface area contributed by atoms with Crippen LogP contribution in [0.1, 0.15) is 10.4 Å². The third-order valence-electron chi connectivity index (χ3n) is 3.91. The van der Waals surface area contributed by atoms with Crippen LogP contribution in [0, 0.1) is 0 Å². The van der Waals surface area contributed by atoms with Crippen molar-refractivity contribution in [2.45, 2.75) is 0 Å². The van der Waals surface area contributed by atoms with Crippen molar-refractivity contribution in [2.75, 3.05) is 18.7 Å². The minimum Gasteiger partial charge on any atom is -0.454 e. The van der Waals surface area contributed by atoms with Crippen LogP contribution in [0.15, 0.2) is 59.5 Å². The summed E-state index contributed by atoms with van der Waals surface area (Å²) in [5.41, 5.74) is 1.76. The molecule has 1 aliphatic heterocycles. The molecule has 27 heavy (non-hydrogen) atoms. The zero-order valence-electron chi connectivity index (χ0n) is 14.1. The Kier molecular flexibility index (Phi) is 4.44. The van der Waals surface area contributed by atoms with Crippen molar-refractivity contribution in [2.24, 2.45) is 0 Å². The van der Waals surface area contributed by atoms with Crippen LogP contribution >= 0.6 is 0 Å². The maximum atomic E-state index is 12.2. The van der Waals surface area contributed by atoms with Gasteiger partial charge in [0.25, 0.3) is 5.91 Å². The fourth-order valence-corrected chi connectivity index (χ4v) is 2.61. The Morgan fingerprint density at radius 1 is 1.07 bits per heavy atom. The van der Waals surface area contributed by atoms with Crippen molar-refractivity contribution in [1.29, 1.82) is 0 Å². The van der Waals surface area contributed by atoms with Crippen molar-refractivity contribution in [3.8, 4) is 22.8 Å². The summed E-state index contributed by atoms with van der Waals surface area (Å²) in [4.78, 5) is 28.2. The molecule has 3 aromatic rings. The summed E-state index contributed by atoms with van der Waals surface area (Å²) in [6.07, 6.45) is 2.93. The third-order valence-corrected chi connectivity index (χ3v) is 3.91. The average Bonchev–Trinajstić information content (AvgIpc) is 3.37. The number of aromatic nitrogens is 1. The van der Waals surface area contributed by atoms with Crippen LogP contribution < -0.4 is 20.1 Å². The van der Waals surface area contributed by atoms with Crippen molar-refractivity contribution in [3.05, 3.63) is 60.6 Å². The molecule has 0 radical (unpaired) electrons. The lowest BCUT2D eigenvalue weighted by atomic mass is 10.1. The number of benzene rings is 2. The van der Waals surface area contributed by atoms with Gasteiger partial charge in [0.15, 0.2) is 23.7 Å². The minimum absolute atomic E-state index is 0.135. The molecule has 8 heteroatoms. The second-order valence-electron chi connectivity index (χ2n) is 5.75. The summed E-state index contributed by atoms with van der Waals surface area (Å²) in [6, 6.07) is 12.0. The van der Waals surface area contributed by atoms with Crippen molar-refractivity contribution >= 4 is 17.5 Å². The zero-order valence-corrected chi connectivity index (χ0v) is 14.1. The van der Waals surface area contributed by atoms with Crippen molar-refractivity contribution in [3.63, 3.8) is 0 Å². The lowest BCUT2D eigenvalue weighted by Gasteiger charge is -2.08. The molecule has 0 atom stereocenters. The molecule has 1 aliphatic rings. The standard InChI is InChI=1S/C19H15N3O5/c23-18(22-14-3-1-2-12(6-14)17-8-20-10-25-17)9-21-19(24)13-4-5-15-16(7-13)27-11-26-15/h1-8,10H,9,11H2,(H,21,24)(H,22,23). The highest BCUT2D eigenvalue weighted by atomic mass is 16.7.